The van der Waals surface area contributed by atoms with Gasteiger partial charge in [0, 0.05) is 37.8 Å². The second-order valence-corrected chi connectivity index (χ2v) is 4.99. The second-order valence-electron chi connectivity index (χ2n) is 4.58. The van der Waals surface area contributed by atoms with Gasteiger partial charge in [0.1, 0.15) is 11.6 Å². The zero-order valence-corrected chi connectivity index (χ0v) is 13.8. The highest BCUT2D eigenvalue weighted by Gasteiger charge is 2.27. The highest BCUT2D eigenvalue weighted by atomic mass is 35.5. The zero-order chi connectivity index (χ0) is 13.8. The molecule has 1 fully saturated rings. The number of halogens is 5. The Labute approximate surface area is 141 Å². The Morgan fingerprint density at radius 1 is 1.29 bits per heavy atom. The molecule has 2 rings (SSSR count). The maximum atomic E-state index is 14.1. The van der Waals surface area contributed by atoms with E-state index >= 15 is 0 Å². The maximum Gasteiger partial charge on any atom is 0.149 e. The predicted octanol–water partition coefficient (Wildman–Crippen LogP) is 3.98. The normalized spacial score (nSPS) is 16.5. The molecule has 1 saturated heterocycles. The predicted molar refractivity (Wildman–Crippen MR) is 87.9 cm³/mol. The number of hydrogen-bond acceptors (Lipinski definition) is 2. The van der Waals surface area contributed by atoms with Gasteiger partial charge in [-0.05, 0) is 18.6 Å². The van der Waals surface area contributed by atoms with E-state index < -0.39 is 11.6 Å². The summed E-state index contributed by atoms with van der Waals surface area (Å²) in [7, 11) is 0. The van der Waals surface area contributed by atoms with Crippen molar-refractivity contribution in [2.75, 3.05) is 26.2 Å². The molecule has 120 valence electrons. The van der Waals surface area contributed by atoms with Crippen LogP contribution in [-0.4, -0.2) is 31.1 Å². The van der Waals surface area contributed by atoms with Gasteiger partial charge in [0.15, 0.2) is 0 Å². The first kappa shape index (κ1) is 20.6. The van der Waals surface area contributed by atoms with E-state index in [0.29, 0.717) is 6.42 Å². The number of rotatable bonds is 4. The van der Waals surface area contributed by atoms with E-state index in [0.717, 1.165) is 26.2 Å². The van der Waals surface area contributed by atoms with Gasteiger partial charge in [-0.25, -0.2) is 8.78 Å². The molecule has 1 atom stereocenters. The van der Waals surface area contributed by atoms with E-state index in [9.17, 15) is 8.78 Å². The minimum atomic E-state index is -0.660. The van der Waals surface area contributed by atoms with Gasteiger partial charge in [-0.1, -0.05) is 17.7 Å². The van der Waals surface area contributed by atoms with Gasteiger partial charge in [-0.3, -0.25) is 4.90 Å². The van der Waals surface area contributed by atoms with Crippen LogP contribution in [0.2, 0.25) is 5.02 Å². The lowest BCUT2D eigenvalue weighted by Crippen LogP contribution is -2.45. The topological polar surface area (TPSA) is 15.3 Å². The van der Waals surface area contributed by atoms with Crippen molar-refractivity contribution < 1.29 is 8.78 Å². The molecule has 1 N–H and O–H groups in total. The Hall–Kier alpha value is -0.390. The van der Waals surface area contributed by atoms with Crippen molar-refractivity contribution in [1.82, 2.24) is 10.2 Å². The molecule has 1 aliphatic heterocycles. The Kier molecular flexibility index (Phi) is 9.41. The Morgan fingerprint density at radius 2 is 1.90 bits per heavy atom. The zero-order valence-electron chi connectivity index (χ0n) is 11.4. The summed E-state index contributed by atoms with van der Waals surface area (Å²) in [5, 5.41) is 3.18. The molecule has 1 aromatic carbocycles. The van der Waals surface area contributed by atoms with Crippen molar-refractivity contribution in [1.29, 1.82) is 0 Å². The first-order valence-electron chi connectivity index (χ1n) is 6.34. The van der Waals surface area contributed by atoms with Crippen molar-refractivity contribution in [2.45, 2.75) is 12.5 Å². The Bertz CT molecular complexity index is 466. The summed E-state index contributed by atoms with van der Waals surface area (Å²) in [5.74, 6) is -1.21. The summed E-state index contributed by atoms with van der Waals surface area (Å²) in [4.78, 5) is 2.07. The molecule has 0 saturated carbocycles. The first-order chi connectivity index (χ1) is 9.15. The van der Waals surface area contributed by atoms with E-state index in [-0.39, 0.29) is 41.4 Å². The lowest BCUT2D eigenvalue weighted by molar-refractivity contribution is 0.168. The van der Waals surface area contributed by atoms with Gasteiger partial charge in [-0.15, -0.1) is 31.4 Å². The molecule has 0 spiro atoms. The molecule has 0 aromatic heterocycles. The Morgan fingerprint density at radius 3 is 2.48 bits per heavy atom. The molecular formula is C14H19Cl3F2N2. The van der Waals surface area contributed by atoms with Crippen LogP contribution in [0.25, 0.3) is 0 Å². The molecule has 1 aliphatic rings. The fraction of sp³-hybridized carbons (Fsp3) is 0.429. The smallest absolute Gasteiger partial charge is 0.149 e. The average molecular weight is 360 g/mol. The minimum absolute atomic E-state index is 0. The molecule has 0 amide bonds. The number of nitrogens with one attached hydrogen (secondary N) is 1. The SMILES string of the molecule is C=CC[C@H](c1c(F)ccc(Cl)c1F)N1CCNCC1.Cl.Cl. The average Bonchev–Trinajstić information content (AvgIpc) is 2.43. The molecule has 0 unspecified atom stereocenters. The van der Waals surface area contributed by atoms with Crippen LogP contribution in [0.1, 0.15) is 18.0 Å². The van der Waals surface area contributed by atoms with Gasteiger partial charge in [0.2, 0.25) is 0 Å². The molecule has 0 aliphatic carbocycles. The summed E-state index contributed by atoms with van der Waals surface area (Å²) in [6.07, 6.45) is 2.18. The highest BCUT2D eigenvalue weighted by Crippen LogP contribution is 2.32. The van der Waals surface area contributed by atoms with E-state index in [1.807, 2.05) is 0 Å². The van der Waals surface area contributed by atoms with Crippen molar-refractivity contribution in [3.63, 3.8) is 0 Å². The molecule has 2 nitrogen and oxygen atoms in total. The number of hydrogen-bond donors (Lipinski definition) is 1. The molecule has 1 heterocycles. The monoisotopic (exact) mass is 358 g/mol. The van der Waals surface area contributed by atoms with Gasteiger partial charge < -0.3 is 5.32 Å². The summed E-state index contributed by atoms with van der Waals surface area (Å²) >= 11 is 5.77. The fourth-order valence-electron chi connectivity index (χ4n) is 2.45. The van der Waals surface area contributed by atoms with Crippen LogP contribution in [0, 0.1) is 11.6 Å². The van der Waals surface area contributed by atoms with E-state index in [1.54, 1.807) is 6.08 Å². The van der Waals surface area contributed by atoms with E-state index in [2.05, 4.69) is 16.8 Å². The highest BCUT2D eigenvalue weighted by molar-refractivity contribution is 6.30. The fourth-order valence-corrected chi connectivity index (χ4v) is 2.61. The third-order valence-corrected chi connectivity index (χ3v) is 3.69. The maximum absolute atomic E-state index is 14.1. The quantitative estimate of drug-likeness (QED) is 0.646. The van der Waals surface area contributed by atoms with Gasteiger partial charge in [0.05, 0.1) is 5.02 Å². The third-order valence-electron chi connectivity index (χ3n) is 3.39. The lowest BCUT2D eigenvalue weighted by atomic mass is 10.00. The summed E-state index contributed by atoms with van der Waals surface area (Å²) < 4.78 is 28.1. The van der Waals surface area contributed by atoms with Gasteiger partial charge >= 0.3 is 0 Å². The van der Waals surface area contributed by atoms with E-state index in [4.69, 9.17) is 11.6 Å². The largest absolute Gasteiger partial charge is 0.314 e. The van der Waals surface area contributed by atoms with Gasteiger partial charge in [-0.2, -0.15) is 0 Å². The molecule has 0 bridgehead atoms. The van der Waals surface area contributed by atoms with Crippen molar-refractivity contribution in [2.24, 2.45) is 0 Å². The lowest BCUT2D eigenvalue weighted by Gasteiger charge is -2.35. The minimum Gasteiger partial charge on any atom is -0.314 e. The van der Waals surface area contributed by atoms with Crippen LogP contribution in [-0.2, 0) is 0 Å². The molecule has 0 radical (unpaired) electrons. The standard InChI is InChI=1S/C14H17ClF2N2.2ClH/c1-2-3-12(19-8-6-18-7-9-19)13-11(16)5-4-10(15)14(13)17;;/h2,4-5,12,18H,1,3,6-9H2;2*1H/t12-;;/m1../s1. The van der Waals surface area contributed by atoms with Crippen molar-refractivity contribution in [3.05, 3.63) is 47.0 Å². The van der Waals surface area contributed by atoms with Crippen LogP contribution in [0.15, 0.2) is 24.8 Å². The van der Waals surface area contributed by atoms with Crippen LogP contribution in [0.3, 0.4) is 0 Å². The number of benzene rings is 1. The van der Waals surface area contributed by atoms with Crippen molar-refractivity contribution in [3.8, 4) is 0 Å². The number of nitrogens with zero attached hydrogens (tertiary/aromatic N) is 1. The molecule has 1 aromatic rings. The van der Waals surface area contributed by atoms with Crippen LogP contribution < -0.4 is 5.32 Å². The Balaban J connectivity index is 0.00000200. The van der Waals surface area contributed by atoms with Gasteiger partial charge in [0.25, 0.3) is 0 Å². The van der Waals surface area contributed by atoms with E-state index in [1.165, 1.54) is 12.1 Å². The third kappa shape index (κ3) is 4.80. The second kappa shape index (κ2) is 9.59. The number of piperazine rings is 1. The summed E-state index contributed by atoms with van der Waals surface area (Å²) in [6, 6.07) is 2.12. The van der Waals surface area contributed by atoms with Crippen LogP contribution >= 0.6 is 36.4 Å². The molecule has 7 heteroatoms. The summed E-state index contributed by atoms with van der Waals surface area (Å²) in [5.41, 5.74) is 0.0503. The first-order valence-corrected chi connectivity index (χ1v) is 6.72. The summed E-state index contributed by atoms with van der Waals surface area (Å²) in [6.45, 7) is 6.82. The van der Waals surface area contributed by atoms with Crippen LogP contribution in [0.5, 0.6) is 0 Å². The van der Waals surface area contributed by atoms with Crippen LogP contribution in [0.4, 0.5) is 8.78 Å². The van der Waals surface area contributed by atoms with Crippen molar-refractivity contribution >= 4 is 36.4 Å². The molecular weight excluding hydrogens is 341 g/mol. The molecule has 21 heavy (non-hydrogen) atoms.